The third kappa shape index (κ3) is 3.79. The Bertz CT molecular complexity index is 939. The average molecular weight is 367 g/mol. The highest BCUT2D eigenvalue weighted by Gasteiger charge is 2.19. The van der Waals surface area contributed by atoms with Gasteiger partial charge < -0.3 is 14.7 Å². The molecule has 1 aliphatic rings. The Morgan fingerprint density at radius 3 is 2.89 bits per heavy atom. The standard InChI is InChI=1S/C19H18FN5O2/c20-16-12-21-17(23-18(16)25-7-1-2-8-25)13-4-3-5-14(10-13)19(26)22-11-15-6-9-27-24-15/h3-6,9-10,12H,1-2,7-8,11H2,(H,22,26). The molecule has 138 valence electrons. The van der Waals surface area contributed by atoms with Gasteiger partial charge in [0.25, 0.3) is 5.91 Å². The van der Waals surface area contributed by atoms with Gasteiger partial charge in [0.1, 0.15) is 12.0 Å². The lowest BCUT2D eigenvalue weighted by Gasteiger charge is -2.17. The fraction of sp³-hybridized carbons (Fsp3) is 0.263. The third-order valence-corrected chi connectivity index (χ3v) is 4.44. The summed E-state index contributed by atoms with van der Waals surface area (Å²) in [5, 5.41) is 6.53. The summed E-state index contributed by atoms with van der Waals surface area (Å²) >= 11 is 0. The third-order valence-electron chi connectivity index (χ3n) is 4.44. The summed E-state index contributed by atoms with van der Waals surface area (Å²) in [6, 6.07) is 8.63. The van der Waals surface area contributed by atoms with Crippen LogP contribution >= 0.6 is 0 Å². The van der Waals surface area contributed by atoms with Gasteiger partial charge in [-0.15, -0.1) is 0 Å². The number of anilines is 1. The first-order valence-electron chi connectivity index (χ1n) is 8.76. The minimum absolute atomic E-state index is 0.248. The van der Waals surface area contributed by atoms with E-state index in [4.69, 9.17) is 4.52 Å². The summed E-state index contributed by atoms with van der Waals surface area (Å²) in [6.07, 6.45) is 4.69. The smallest absolute Gasteiger partial charge is 0.251 e. The molecular weight excluding hydrogens is 349 g/mol. The first kappa shape index (κ1) is 17.1. The topological polar surface area (TPSA) is 84.2 Å². The van der Waals surface area contributed by atoms with Gasteiger partial charge in [-0.2, -0.15) is 0 Å². The fourth-order valence-electron chi connectivity index (χ4n) is 3.05. The van der Waals surface area contributed by atoms with Crippen molar-refractivity contribution in [1.29, 1.82) is 0 Å². The second-order valence-electron chi connectivity index (χ2n) is 6.31. The summed E-state index contributed by atoms with van der Waals surface area (Å²) in [5.74, 6) is 0.0340. The number of hydrogen-bond acceptors (Lipinski definition) is 6. The Morgan fingerprint density at radius 1 is 1.26 bits per heavy atom. The van der Waals surface area contributed by atoms with Gasteiger partial charge in [0, 0.05) is 30.3 Å². The maximum atomic E-state index is 14.1. The van der Waals surface area contributed by atoms with E-state index in [2.05, 4.69) is 20.4 Å². The Hall–Kier alpha value is -3.29. The largest absolute Gasteiger partial charge is 0.364 e. The molecule has 1 aliphatic heterocycles. The normalized spacial score (nSPS) is 13.7. The zero-order valence-electron chi connectivity index (χ0n) is 14.6. The molecule has 2 aromatic heterocycles. The number of hydrogen-bond donors (Lipinski definition) is 1. The maximum absolute atomic E-state index is 14.1. The lowest BCUT2D eigenvalue weighted by molar-refractivity contribution is 0.0950. The second kappa shape index (κ2) is 7.53. The summed E-state index contributed by atoms with van der Waals surface area (Å²) in [4.78, 5) is 22.8. The molecule has 3 heterocycles. The van der Waals surface area contributed by atoms with Crippen molar-refractivity contribution in [3.63, 3.8) is 0 Å². The molecular formula is C19H18FN5O2. The second-order valence-corrected chi connectivity index (χ2v) is 6.31. The average Bonchev–Trinajstić information content (AvgIpc) is 3.40. The quantitative estimate of drug-likeness (QED) is 0.747. The SMILES string of the molecule is O=C(NCc1ccon1)c1cccc(-c2ncc(F)c(N3CCCC3)n2)c1. The van der Waals surface area contributed by atoms with Crippen LogP contribution in [0.2, 0.25) is 0 Å². The molecule has 0 aliphatic carbocycles. The highest BCUT2D eigenvalue weighted by molar-refractivity contribution is 5.95. The van der Waals surface area contributed by atoms with Crippen LogP contribution in [-0.4, -0.2) is 34.1 Å². The first-order valence-corrected chi connectivity index (χ1v) is 8.76. The van der Waals surface area contributed by atoms with Gasteiger partial charge in [0.15, 0.2) is 17.5 Å². The lowest BCUT2D eigenvalue weighted by atomic mass is 10.1. The van der Waals surface area contributed by atoms with E-state index in [9.17, 15) is 9.18 Å². The highest BCUT2D eigenvalue weighted by atomic mass is 19.1. The van der Waals surface area contributed by atoms with E-state index in [0.717, 1.165) is 25.9 Å². The van der Waals surface area contributed by atoms with Crippen molar-refractivity contribution in [3.05, 3.63) is 59.9 Å². The van der Waals surface area contributed by atoms with Crippen molar-refractivity contribution < 1.29 is 13.7 Å². The molecule has 1 aromatic carbocycles. The van der Waals surface area contributed by atoms with Crippen LogP contribution in [0, 0.1) is 5.82 Å². The zero-order valence-corrected chi connectivity index (χ0v) is 14.6. The minimum atomic E-state index is -0.429. The van der Waals surface area contributed by atoms with Crippen molar-refractivity contribution in [1.82, 2.24) is 20.4 Å². The van der Waals surface area contributed by atoms with Crippen LogP contribution in [-0.2, 0) is 6.54 Å². The van der Waals surface area contributed by atoms with E-state index >= 15 is 0 Å². The number of rotatable bonds is 5. The summed E-state index contributed by atoms with van der Waals surface area (Å²) in [6.45, 7) is 1.85. The molecule has 0 spiro atoms. The molecule has 27 heavy (non-hydrogen) atoms. The number of carbonyl (C=O) groups is 1. The predicted octanol–water partition coefficient (Wildman–Crippen LogP) is 2.80. The molecule has 0 bridgehead atoms. The Balaban J connectivity index is 1.55. The fourth-order valence-corrected chi connectivity index (χ4v) is 3.05. The van der Waals surface area contributed by atoms with E-state index in [1.807, 2.05) is 4.90 Å². The molecule has 7 nitrogen and oxygen atoms in total. The van der Waals surface area contributed by atoms with Crippen molar-refractivity contribution in [3.8, 4) is 11.4 Å². The van der Waals surface area contributed by atoms with Gasteiger partial charge in [-0.3, -0.25) is 4.79 Å². The number of amides is 1. The van der Waals surface area contributed by atoms with Crippen LogP contribution < -0.4 is 10.2 Å². The van der Waals surface area contributed by atoms with Crippen LogP contribution in [0.1, 0.15) is 28.9 Å². The summed E-state index contributed by atoms with van der Waals surface area (Å²) in [5.41, 5.74) is 1.76. The molecule has 1 N–H and O–H groups in total. The highest BCUT2D eigenvalue weighted by Crippen LogP contribution is 2.24. The van der Waals surface area contributed by atoms with Gasteiger partial charge in [-0.1, -0.05) is 17.3 Å². The zero-order chi connectivity index (χ0) is 18.6. The Labute approximate surface area is 155 Å². The number of carbonyl (C=O) groups excluding carboxylic acids is 1. The van der Waals surface area contributed by atoms with E-state index in [1.54, 1.807) is 30.3 Å². The van der Waals surface area contributed by atoms with E-state index in [0.29, 0.717) is 28.5 Å². The molecule has 0 saturated carbocycles. The van der Waals surface area contributed by atoms with Crippen molar-refractivity contribution in [2.75, 3.05) is 18.0 Å². The van der Waals surface area contributed by atoms with Crippen LogP contribution in [0.15, 0.2) is 47.3 Å². The maximum Gasteiger partial charge on any atom is 0.251 e. The minimum Gasteiger partial charge on any atom is -0.364 e. The molecule has 0 radical (unpaired) electrons. The number of halogens is 1. The van der Waals surface area contributed by atoms with E-state index < -0.39 is 5.82 Å². The number of benzene rings is 1. The molecule has 1 amide bonds. The number of aromatic nitrogens is 3. The first-order chi connectivity index (χ1) is 13.2. The monoisotopic (exact) mass is 367 g/mol. The molecule has 3 aromatic rings. The lowest BCUT2D eigenvalue weighted by Crippen LogP contribution is -2.23. The van der Waals surface area contributed by atoms with E-state index in [1.165, 1.54) is 12.5 Å². The van der Waals surface area contributed by atoms with Gasteiger partial charge in [-0.25, -0.2) is 14.4 Å². The number of nitrogens with zero attached hydrogens (tertiary/aromatic N) is 4. The van der Waals surface area contributed by atoms with E-state index in [-0.39, 0.29) is 12.5 Å². The van der Waals surface area contributed by atoms with Gasteiger partial charge >= 0.3 is 0 Å². The van der Waals surface area contributed by atoms with Crippen LogP contribution in [0.5, 0.6) is 0 Å². The molecule has 0 atom stereocenters. The van der Waals surface area contributed by atoms with Crippen molar-refractivity contribution >= 4 is 11.7 Å². The summed E-state index contributed by atoms with van der Waals surface area (Å²) < 4.78 is 18.9. The van der Waals surface area contributed by atoms with Crippen molar-refractivity contribution in [2.45, 2.75) is 19.4 Å². The van der Waals surface area contributed by atoms with Crippen molar-refractivity contribution in [2.24, 2.45) is 0 Å². The van der Waals surface area contributed by atoms with Crippen LogP contribution in [0.25, 0.3) is 11.4 Å². The Morgan fingerprint density at radius 2 is 2.11 bits per heavy atom. The van der Waals surface area contributed by atoms with Crippen LogP contribution in [0.4, 0.5) is 10.2 Å². The molecule has 0 unspecified atom stereocenters. The molecule has 4 rings (SSSR count). The predicted molar refractivity (Wildman–Crippen MR) is 96.5 cm³/mol. The number of nitrogens with one attached hydrogen (secondary N) is 1. The van der Waals surface area contributed by atoms with Gasteiger partial charge in [0.2, 0.25) is 0 Å². The van der Waals surface area contributed by atoms with Crippen LogP contribution in [0.3, 0.4) is 0 Å². The van der Waals surface area contributed by atoms with Gasteiger partial charge in [0.05, 0.1) is 12.7 Å². The molecule has 1 saturated heterocycles. The molecule has 1 fully saturated rings. The summed E-state index contributed by atoms with van der Waals surface area (Å²) in [7, 11) is 0. The Kier molecular flexibility index (Phi) is 4.78. The molecule has 8 heteroatoms. The van der Waals surface area contributed by atoms with Gasteiger partial charge in [-0.05, 0) is 25.0 Å².